The zero-order valence-electron chi connectivity index (χ0n) is 17.9. The number of pyridine rings is 1. The van der Waals surface area contributed by atoms with Crippen molar-refractivity contribution in [3.8, 4) is 11.3 Å². The number of carbonyl (C=O) groups is 2. The van der Waals surface area contributed by atoms with Gasteiger partial charge in [-0.3, -0.25) is 9.78 Å². The van der Waals surface area contributed by atoms with Gasteiger partial charge in [-0.2, -0.15) is 0 Å². The van der Waals surface area contributed by atoms with Gasteiger partial charge in [0.25, 0.3) is 0 Å². The summed E-state index contributed by atoms with van der Waals surface area (Å²) in [6.07, 6.45) is 4.95. The first kappa shape index (κ1) is 23.7. The molecule has 0 amide bonds. The van der Waals surface area contributed by atoms with Crippen LogP contribution in [0, 0.1) is 0 Å². The molecular weight excluding hydrogens is 380 g/mol. The molecule has 1 aromatic heterocycles. The van der Waals surface area contributed by atoms with Gasteiger partial charge in [-0.25, -0.2) is 4.79 Å². The zero-order chi connectivity index (χ0) is 21.8. The highest BCUT2D eigenvalue weighted by atomic mass is 16.5. The van der Waals surface area contributed by atoms with Crippen LogP contribution in [0.4, 0.5) is 0 Å². The van der Waals surface area contributed by atoms with E-state index in [2.05, 4.69) is 23.3 Å². The number of hydrogen-bond acceptors (Lipinski definition) is 5. The van der Waals surface area contributed by atoms with Crippen molar-refractivity contribution >= 4 is 11.8 Å². The first-order valence-corrected chi connectivity index (χ1v) is 10.6. The second-order valence-corrected chi connectivity index (χ2v) is 7.34. The van der Waals surface area contributed by atoms with E-state index in [1.165, 1.54) is 0 Å². The molecule has 0 fully saturated rings. The second kappa shape index (κ2) is 12.9. The number of rotatable bonds is 14. The van der Waals surface area contributed by atoms with Crippen LogP contribution in [0.3, 0.4) is 0 Å². The smallest absolute Gasteiger partial charge is 0.333 e. The lowest BCUT2D eigenvalue weighted by Crippen LogP contribution is -2.26. The molecule has 162 valence electrons. The van der Waals surface area contributed by atoms with Crippen molar-refractivity contribution in [1.82, 2.24) is 10.3 Å². The van der Waals surface area contributed by atoms with Crippen LogP contribution in [0.5, 0.6) is 0 Å². The topological polar surface area (TPSA) is 88.5 Å². The largest absolute Gasteiger partial charge is 0.479 e. The maximum absolute atomic E-state index is 11.9. The second-order valence-electron chi connectivity index (χ2n) is 7.34. The van der Waals surface area contributed by atoms with Gasteiger partial charge in [-0.15, -0.1) is 0 Å². The lowest BCUT2D eigenvalue weighted by Gasteiger charge is -2.12. The summed E-state index contributed by atoms with van der Waals surface area (Å²) >= 11 is 0. The van der Waals surface area contributed by atoms with Crippen LogP contribution in [0.25, 0.3) is 11.3 Å². The molecule has 0 aliphatic rings. The summed E-state index contributed by atoms with van der Waals surface area (Å²) < 4.78 is 5.26. The van der Waals surface area contributed by atoms with Crippen molar-refractivity contribution in [2.75, 3.05) is 13.2 Å². The maximum Gasteiger partial charge on any atom is 0.333 e. The Morgan fingerprint density at radius 3 is 2.63 bits per heavy atom. The van der Waals surface area contributed by atoms with Gasteiger partial charge < -0.3 is 15.2 Å². The predicted octanol–water partition coefficient (Wildman–Crippen LogP) is 4.02. The number of ether oxygens (including phenoxy) is 1. The summed E-state index contributed by atoms with van der Waals surface area (Å²) in [7, 11) is 0. The number of carbonyl (C=O) groups excluding carboxylic acids is 1. The lowest BCUT2D eigenvalue weighted by molar-refractivity contribution is -0.149. The molecule has 6 nitrogen and oxygen atoms in total. The first-order valence-electron chi connectivity index (χ1n) is 10.6. The fourth-order valence-corrected chi connectivity index (χ4v) is 3.20. The number of nitrogens with one attached hydrogen (secondary N) is 1. The molecule has 0 aliphatic carbocycles. The number of hydrogen-bond donors (Lipinski definition) is 2. The number of aromatic nitrogens is 1. The van der Waals surface area contributed by atoms with Crippen molar-refractivity contribution in [3.63, 3.8) is 0 Å². The molecule has 0 aliphatic heterocycles. The Morgan fingerprint density at radius 1 is 1.13 bits per heavy atom. The van der Waals surface area contributed by atoms with E-state index in [0.717, 1.165) is 41.6 Å². The molecule has 0 saturated heterocycles. The molecule has 0 spiro atoms. The molecule has 1 aromatic carbocycles. The van der Waals surface area contributed by atoms with Crippen LogP contribution in [0.15, 0.2) is 42.6 Å². The molecule has 0 radical (unpaired) electrons. The number of ketones is 1. The van der Waals surface area contributed by atoms with Gasteiger partial charge in [0.15, 0.2) is 6.10 Å². The molecular formula is C24H32N2O4. The highest BCUT2D eigenvalue weighted by Gasteiger charge is 2.18. The van der Waals surface area contributed by atoms with Crippen LogP contribution in [-0.4, -0.2) is 41.1 Å². The van der Waals surface area contributed by atoms with Crippen LogP contribution < -0.4 is 5.32 Å². The van der Waals surface area contributed by atoms with Crippen LogP contribution in [-0.2, 0) is 27.3 Å². The van der Waals surface area contributed by atoms with Gasteiger partial charge in [0.1, 0.15) is 5.78 Å². The van der Waals surface area contributed by atoms with Crippen LogP contribution >= 0.6 is 0 Å². The fraction of sp³-hybridized carbons (Fsp3) is 0.458. The fourth-order valence-electron chi connectivity index (χ4n) is 3.20. The number of nitrogens with zero attached hydrogens (tertiary/aromatic N) is 1. The minimum Gasteiger partial charge on any atom is -0.479 e. The summed E-state index contributed by atoms with van der Waals surface area (Å²) in [5.74, 6) is -0.714. The summed E-state index contributed by atoms with van der Waals surface area (Å²) in [4.78, 5) is 27.6. The lowest BCUT2D eigenvalue weighted by atomic mass is 10.1. The Morgan fingerprint density at radius 2 is 1.97 bits per heavy atom. The van der Waals surface area contributed by atoms with Gasteiger partial charge in [0.2, 0.25) is 0 Å². The van der Waals surface area contributed by atoms with E-state index in [0.29, 0.717) is 26.1 Å². The van der Waals surface area contributed by atoms with E-state index in [-0.39, 0.29) is 12.2 Å². The summed E-state index contributed by atoms with van der Waals surface area (Å²) in [6.45, 7) is 5.28. The van der Waals surface area contributed by atoms with E-state index >= 15 is 0 Å². The van der Waals surface area contributed by atoms with E-state index in [1.54, 1.807) is 13.1 Å². The Bertz CT molecular complexity index is 805. The van der Waals surface area contributed by atoms with Gasteiger partial charge in [0, 0.05) is 37.8 Å². The highest BCUT2D eigenvalue weighted by Crippen LogP contribution is 2.19. The van der Waals surface area contributed by atoms with E-state index < -0.39 is 12.1 Å². The predicted molar refractivity (Wildman–Crippen MR) is 117 cm³/mol. The van der Waals surface area contributed by atoms with Gasteiger partial charge >= 0.3 is 5.97 Å². The summed E-state index contributed by atoms with van der Waals surface area (Å²) in [5, 5.41) is 12.4. The zero-order valence-corrected chi connectivity index (χ0v) is 17.9. The van der Waals surface area contributed by atoms with E-state index in [1.807, 2.05) is 30.3 Å². The van der Waals surface area contributed by atoms with E-state index in [9.17, 15) is 14.7 Å². The Balaban J connectivity index is 1.92. The molecule has 0 saturated carbocycles. The number of aliphatic carboxylic acids is 1. The first-order chi connectivity index (χ1) is 14.5. The third kappa shape index (κ3) is 8.05. The van der Waals surface area contributed by atoms with Gasteiger partial charge in [-0.05, 0) is 36.6 Å². The van der Waals surface area contributed by atoms with E-state index in [4.69, 9.17) is 4.74 Å². The molecule has 6 heteroatoms. The normalized spacial score (nSPS) is 11.9. The molecule has 2 rings (SSSR count). The molecule has 1 heterocycles. The number of unbranched alkanes of at least 4 members (excludes halogenated alkanes) is 2. The van der Waals surface area contributed by atoms with Gasteiger partial charge in [0.05, 0.1) is 12.2 Å². The van der Waals surface area contributed by atoms with Crippen molar-refractivity contribution in [3.05, 3.63) is 53.7 Å². The highest BCUT2D eigenvalue weighted by molar-refractivity contribution is 5.80. The summed E-state index contributed by atoms with van der Waals surface area (Å²) in [5.41, 5.74) is 3.70. The molecule has 2 N–H and O–H groups in total. The molecule has 1 unspecified atom stereocenters. The maximum atomic E-state index is 11.9. The number of carboxylic acids is 1. The Labute approximate surface area is 178 Å². The minimum atomic E-state index is -0.968. The quantitative estimate of drug-likeness (QED) is 0.456. The number of carboxylic acid groups (broad SMARTS) is 1. The van der Waals surface area contributed by atoms with Crippen LogP contribution in [0.2, 0.25) is 0 Å². The molecule has 30 heavy (non-hydrogen) atoms. The van der Waals surface area contributed by atoms with Crippen molar-refractivity contribution in [1.29, 1.82) is 0 Å². The third-order valence-electron chi connectivity index (χ3n) is 4.82. The van der Waals surface area contributed by atoms with Crippen molar-refractivity contribution in [2.45, 2.75) is 58.6 Å². The average molecular weight is 413 g/mol. The van der Waals surface area contributed by atoms with Gasteiger partial charge in [-0.1, -0.05) is 44.0 Å². The standard InChI is InChI=1S/C24H32N2O4/c1-3-5-6-10-21(27)17-25-15-18-8-7-9-20(13-18)22-12-11-19(16-26-22)14-23(24(28)29)30-4-2/h7-9,11-13,16,23,25H,3-6,10,14-15,17H2,1-2H3,(H,28,29). The third-order valence-corrected chi connectivity index (χ3v) is 4.82. The van der Waals surface area contributed by atoms with Crippen LogP contribution in [0.1, 0.15) is 50.7 Å². The Hall–Kier alpha value is -2.57. The van der Waals surface area contributed by atoms with Crippen molar-refractivity contribution < 1.29 is 19.4 Å². The number of Topliss-reactive ketones (excluding diaryl/α,β-unsaturated/α-hetero) is 1. The Kier molecular flexibility index (Phi) is 10.2. The minimum absolute atomic E-state index is 0.253. The average Bonchev–Trinajstić information content (AvgIpc) is 2.74. The monoisotopic (exact) mass is 412 g/mol. The molecule has 0 bridgehead atoms. The molecule has 2 aromatic rings. The number of benzene rings is 1. The molecule has 1 atom stereocenters. The van der Waals surface area contributed by atoms with Crippen molar-refractivity contribution in [2.24, 2.45) is 0 Å². The SMILES string of the molecule is CCCCCC(=O)CNCc1cccc(-c2ccc(CC(OCC)C(=O)O)cn2)c1. The summed E-state index contributed by atoms with van der Waals surface area (Å²) in [6, 6.07) is 11.8.